The molecule has 1 aliphatic rings. The van der Waals surface area contributed by atoms with E-state index in [1.165, 1.54) is 10.9 Å². The number of hydrogen-bond acceptors (Lipinski definition) is 5. The van der Waals surface area contributed by atoms with Crippen molar-refractivity contribution in [2.24, 2.45) is 5.92 Å². The van der Waals surface area contributed by atoms with Crippen LogP contribution in [0.15, 0.2) is 24.4 Å². The van der Waals surface area contributed by atoms with E-state index >= 15 is 0 Å². The fourth-order valence-electron chi connectivity index (χ4n) is 3.04. The molecule has 0 aromatic carbocycles. The summed E-state index contributed by atoms with van der Waals surface area (Å²) in [5, 5.41) is 6.55. The standard InChI is InChI=1S/C19H25F2N5O2/c1-13(2)11-26-12-15(17(24-26)18(20)21)19(27)22-10-14-4-3-5-16(23-14)25-6-8-28-9-7-25/h3-5,12-13,18H,6-11H2,1-2H3,(H,22,27). The minimum atomic E-state index is -2.81. The molecule has 152 valence electrons. The van der Waals surface area contributed by atoms with Crippen molar-refractivity contribution in [1.29, 1.82) is 0 Å². The number of pyridine rings is 1. The van der Waals surface area contributed by atoms with E-state index in [-0.39, 0.29) is 18.0 Å². The van der Waals surface area contributed by atoms with Gasteiger partial charge >= 0.3 is 0 Å². The second kappa shape index (κ2) is 9.09. The van der Waals surface area contributed by atoms with Crippen molar-refractivity contribution in [3.05, 3.63) is 41.3 Å². The maximum Gasteiger partial charge on any atom is 0.282 e. The monoisotopic (exact) mass is 393 g/mol. The van der Waals surface area contributed by atoms with Crippen molar-refractivity contribution >= 4 is 11.7 Å². The highest BCUT2D eigenvalue weighted by molar-refractivity contribution is 5.95. The first kappa shape index (κ1) is 20.2. The zero-order chi connectivity index (χ0) is 20.1. The molecule has 3 rings (SSSR count). The van der Waals surface area contributed by atoms with Gasteiger partial charge in [0, 0.05) is 25.8 Å². The van der Waals surface area contributed by atoms with Gasteiger partial charge in [-0.3, -0.25) is 9.48 Å². The Kier molecular flexibility index (Phi) is 6.56. The molecule has 0 unspecified atom stereocenters. The van der Waals surface area contributed by atoms with Gasteiger partial charge in [0.05, 0.1) is 31.0 Å². The Bertz CT molecular complexity index is 803. The average Bonchev–Trinajstić information content (AvgIpc) is 3.10. The van der Waals surface area contributed by atoms with Crippen LogP contribution in [0.4, 0.5) is 14.6 Å². The molecule has 1 fully saturated rings. The number of morpholine rings is 1. The molecule has 0 spiro atoms. The van der Waals surface area contributed by atoms with Crippen molar-refractivity contribution in [1.82, 2.24) is 20.1 Å². The van der Waals surface area contributed by atoms with Crippen LogP contribution < -0.4 is 10.2 Å². The van der Waals surface area contributed by atoms with Gasteiger partial charge in [-0.25, -0.2) is 13.8 Å². The summed E-state index contributed by atoms with van der Waals surface area (Å²) in [7, 11) is 0. The summed E-state index contributed by atoms with van der Waals surface area (Å²) in [4.78, 5) is 19.1. The van der Waals surface area contributed by atoms with Gasteiger partial charge in [-0.1, -0.05) is 19.9 Å². The largest absolute Gasteiger partial charge is 0.378 e. The number of ether oxygens (including phenoxy) is 1. The Morgan fingerprint density at radius 2 is 2.04 bits per heavy atom. The van der Waals surface area contributed by atoms with Crippen molar-refractivity contribution in [2.75, 3.05) is 31.2 Å². The van der Waals surface area contributed by atoms with Gasteiger partial charge in [0.2, 0.25) is 0 Å². The van der Waals surface area contributed by atoms with Crippen LogP contribution in [-0.4, -0.2) is 47.0 Å². The summed E-state index contributed by atoms with van der Waals surface area (Å²) in [5.41, 5.74) is 0.0682. The van der Waals surface area contributed by atoms with Crippen LogP contribution in [0.1, 0.15) is 42.0 Å². The Morgan fingerprint density at radius 3 is 2.71 bits per heavy atom. The average molecular weight is 393 g/mol. The number of aromatic nitrogens is 3. The second-order valence-electron chi connectivity index (χ2n) is 7.11. The molecule has 0 saturated carbocycles. The fraction of sp³-hybridized carbons (Fsp3) is 0.526. The normalized spacial score (nSPS) is 14.7. The van der Waals surface area contributed by atoms with E-state index in [1.54, 1.807) is 6.07 Å². The summed E-state index contributed by atoms with van der Waals surface area (Å²) in [5.74, 6) is 0.463. The smallest absolute Gasteiger partial charge is 0.282 e. The molecule has 2 aromatic rings. The molecule has 1 aliphatic heterocycles. The van der Waals surface area contributed by atoms with Crippen LogP contribution in [0.2, 0.25) is 0 Å². The zero-order valence-electron chi connectivity index (χ0n) is 16.1. The Balaban J connectivity index is 1.67. The van der Waals surface area contributed by atoms with Crippen LogP contribution in [0.3, 0.4) is 0 Å². The number of nitrogens with zero attached hydrogens (tertiary/aromatic N) is 4. The van der Waals surface area contributed by atoms with E-state index in [0.717, 1.165) is 18.9 Å². The lowest BCUT2D eigenvalue weighted by molar-refractivity contribution is 0.0935. The van der Waals surface area contributed by atoms with Gasteiger partial charge < -0.3 is 15.0 Å². The number of amides is 1. The molecule has 0 atom stereocenters. The molecule has 9 heteroatoms. The molecule has 1 saturated heterocycles. The molecule has 3 heterocycles. The van der Waals surface area contributed by atoms with Gasteiger partial charge in [-0.15, -0.1) is 0 Å². The van der Waals surface area contributed by atoms with Crippen molar-refractivity contribution < 1.29 is 18.3 Å². The maximum absolute atomic E-state index is 13.3. The number of halogens is 2. The van der Waals surface area contributed by atoms with Crippen LogP contribution >= 0.6 is 0 Å². The van der Waals surface area contributed by atoms with Gasteiger partial charge in [0.15, 0.2) is 0 Å². The van der Waals surface area contributed by atoms with E-state index in [0.29, 0.717) is 25.5 Å². The molecule has 7 nitrogen and oxygen atoms in total. The molecular formula is C19H25F2N5O2. The first-order valence-electron chi connectivity index (χ1n) is 9.36. The van der Waals surface area contributed by atoms with Crippen LogP contribution in [0.25, 0.3) is 0 Å². The Hall–Kier alpha value is -2.55. The molecule has 2 aromatic heterocycles. The lowest BCUT2D eigenvalue weighted by Crippen LogP contribution is -2.37. The number of nitrogens with one attached hydrogen (secondary N) is 1. The molecule has 0 aliphatic carbocycles. The number of anilines is 1. The molecular weight excluding hydrogens is 368 g/mol. The van der Waals surface area contributed by atoms with E-state index in [2.05, 4.69) is 20.3 Å². The Morgan fingerprint density at radius 1 is 1.29 bits per heavy atom. The maximum atomic E-state index is 13.3. The molecule has 1 amide bonds. The summed E-state index contributed by atoms with van der Waals surface area (Å²) in [6, 6.07) is 5.56. The molecule has 0 bridgehead atoms. The number of carbonyl (C=O) groups excluding carboxylic acids is 1. The predicted octanol–water partition coefficient (Wildman–Crippen LogP) is 2.64. The first-order valence-corrected chi connectivity index (χ1v) is 9.36. The van der Waals surface area contributed by atoms with E-state index in [1.807, 2.05) is 26.0 Å². The van der Waals surface area contributed by atoms with Gasteiger partial charge in [-0.05, 0) is 18.1 Å². The highest BCUT2D eigenvalue weighted by atomic mass is 19.3. The molecule has 1 N–H and O–H groups in total. The summed E-state index contributed by atoms with van der Waals surface area (Å²) in [6.07, 6.45) is -1.43. The number of alkyl halides is 2. The highest BCUT2D eigenvalue weighted by Gasteiger charge is 2.23. The van der Waals surface area contributed by atoms with Crippen molar-refractivity contribution in [3.63, 3.8) is 0 Å². The van der Waals surface area contributed by atoms with Crippen molar-refractivity contribution in [2.45, 2.75) is 33.4 Å². The first-order chi connectivity index (χ1) is 13.4. The third-order valence-corrected chi connectivity index (χ3v) is 4.35. The summed E-state index contributed by atoms with van der Waals surface area (Å²) in [6.45, 7) is 7.35. The lowest BCUT2D eigenvalue weighted by Gasteiger charge is -2.28. The Labute approximate surface area is 162 Å². The van der Waals surface area contributed by atoms with Crippen LogP contribution in [0, 0.1) is 5.92 Å². The van der Waals surface area contributed by atoms with Gasteiger partial charge in [0.25, 0.3) is 12.3 Å². The van der Waals surface area contributed by atoms with E-state index in [4.69, 9.17) is 4.74 Å². The lowest BCUT2D eigenvalue weighted by atomic mass is 10.2. The van der Waals surface area contributed by atoms with Gasteiger partial charge in [-0.2, -0.15) is 5.10 Å². The number of hydrogen-bond donors (Lipinski definition) is 1. The molecule has 0 radical (unpaired) electrons. The molecule has 28 heavy (non-hydrogen) atoms. The zero-order valence-corrected chi connectivity index (χ0v) is 16.1. The van der Waals surface area contributed by atoms with E-state index in [9.17, 15) is 13.6 Å². The second-order valence-corrected chi connectivity index (χ2v) is 7.11. The highest BCUT2D eigenvalue weighted by Crippen LogP contribution is 2.22. The van der Waals surface area contributed by atoms with Crippen LogP contribution in [-0.2, 0) is 17.8 Å². The van der Waals surface area contributed by atoms with E-state index < -0.39 is 18.0 Å². The minimum absolute atomic E-state index is 0.0972. The SMILES string of the molecule is CC(C)Cn1cc(C(=O)NCc2cccc(N3CCOCC3)n2)c(C(F)F)n1. The topological polar surface area (TPSA) is 72.3 Å². The predicted molar refractivity (Wildman–Crippen MR) is 100 cm³/mol. The quantitative estimate of drug-likeness (QED) is 0.783. The van der Waals surface area contributed by atoms with Gasteiger partial charge in [0.1, 0.15) is 11.5 Å². The third kappa shape index (κ3) is 5.03. The minimum Gasteiger partial charge on any atom is -0.378 e. The number of rotatable bonds is 7. The summed E-state index contributed by atoms with van der Waals surface area (Å²) < 4.78 is 33.3. The van der Waals surface area contributed by atoms with Crippen LogP contribution in [0.5, 0.6) is 0 Å². The van der Waals surface area contributed by atoms with Crippen molar-refractivity contribution in [3.8, 4) is 0 Å². The third-order valence-electron chi connectivity index (χ3n) is 4.35. The summed E-state index contributed by atoms with van der Waals surface area (Å²) >= 11 is 0. The number of carbonyl (C=O) groups is 1. The fourth-order valence-corrected chi connectivity index (χ4v) is 3.04.